The van der Waals surface area contributed by atoms with E-state index in [-0.39, 0.29) is 5.60 Å². The second-order valence-corrected chi connectivity index (χ2v) is 5.75. The molecule has 0 radical (unpaired) electrons. The van der Waals surface area contributed by atoms with E-state index in [4.69, 9.17) is 4.74 Å². The maximum atomic E-state index is 5.61. The molecule has 5 heteroatoms. The highest BCUT2D eigenvalue weighted by Gasteiger charge is 2.31. The first-order valence-electron chi connectivity index (χ1n) is 7.48. The Kier molecular flexibility index (Phi) is 5.31. The number of hydrogen-bond acceptors (Lipinski definition) is 5. The third kappa shape index (κ3) is 3.90. The fourth-order valence-electron chi connectivity index (χ4n) is 2.56. The fourth-order valence-corrected chi connectivity index (χ4v) is 2.56. The summed E-state index contributed by atoms with van der Waals surface area (Å²) in [6.45, 7) is 8.05. The summed E-state index contributed by atoms with van der Waals surface area (Å²) < 4.78 is 5.61. The van der Waals surface area contributed by atoms with Gasteiger partial charge in [0.2, 0.25) is 5.95 Å². The SMILES string of the molecule is CCCNCc1cnc(N2CCCC(C)(OC)C2)nc1. The summed E-state index contributed by atoms with van der Waals surface area (Å²) in [4.78, 5) is 11.2. The molecular formula is C15H26N4O. The molecule has 2 heterocycles. The van der Waals surface area contributed by atoms with Gasteiger partial charge in [-0.15, -0.1) is 0 Å². The van der Waals surface area contributed by atoms with Gasteiger partial charge in [-0.05, 0) is 32.7 Å². The van der Waals surface area contributed by atoms with Gasteiger partial charge in [0.15, 0.2) is 0 Å². The van der Waals surface area contributed by atoms with Crippen molar-refractivity contribution in [1.82, 2.24) is 15.3 Å². The van der Waals surface area contributed by atoms with E-state index in [1.54, 1.807) is 7.11 Å². The molecule has 2 rings (SSSR count). The third-order valence-corrected chi connectivity index (χ3v) is 3.88. The second kappa shape index (κ2) is 6.99. The van der Waals surface area contributed by atoms with Crippen LogP contribution in [0.4, 0.5) is 5.95 Å². The Hall–Kier alpha value is -1.20. The number of hydrogen-bond donors (Lipinski definition) is 1. The number of nitrogens with one attached hydrogen (secondary N) is 1. The van der Waals surface area contributed by atoms with Gasteiger partial charge in [-0.25, -0.2) is 9.97 Å². The number of ether oxygens (including phenoxy) is 1. The van der Waals surface area contributed by atoms with E-state index in [1.807, 2.05) is 12.4 Å². The van der Waals surface area contributed by atoms with Crippen LogP contribution < -0.4 is 10.2 Å². The van der Waals surface area contributed by atoms with Crippen molar-refractivity contribution in [3.63, 3.8) is 0 Å². The predicted molar refractivity (Wildman–Crippen MR) is 80.9 cm³/mol. The molecule has 0 amide bonds. The van der Waals surface area contributed by atoms with Crippen molar-refractivity contribution < 1.29 is 4.74 Å². The van der Waals surface area contributed by atoms with Crippen LogP contribution in [0.25, 0.3) is 0 Å². The summed E-state index contributed by atoms with van der Waals surface area (Å²) in [5, 5.41) is 3.36. The second-order valence-electron chi connectivity index (χ2n) is 5.75. The normalized spacial score (nSPS) is 23.1. The van der Waals surface area contributed by atoms with Crippen LogP contribution >= 0.6 is 0 Å². The van der Waals surface area contributed by atoms with E-state index in [2.05, 4.69) is 34.0 Å². The Balaban J connectivity index is 1.95. The van der Waals surface area contributed by atoms with E-state index >= 15 is 0 Å². The number of piperidine rings is 1. The molecule has 0 aliphatic carbocycles. The largest absolute Gasteiger partial charge is 0.377 e. The third-order valence-electron chi connectivity index (χ3n) is 3.88. The van der Waals surface area contributed by atoms with Gasteiger partial charge in [-0.3, -0.25) is 0 Å². The monoisotopic (exact) mass is 278 g/mol. The van der Waals surface area contributed by atoms with Gasteiger partial charge in [0, 0.05) is 44.7 Å². The van der Waals surface area contributed by atoms with Crippen molar-refractivity contribution in [1.29, 1.82) is 0 Å². The molecule has 0 spiro atoms. The summed E-state index contributed by atoms with van der Waals surface area (Å²) in [7, 11) is 1.78. The molecule has 1 aromatic rings. The van der Waals surface area contributed by atoms with Gasteiger partial charge in [-0.1, -0.05) is 6.92 Å². The highest BCUT2D eigenvalue weighted by Crippen LogP contribution is 2.25. The van der Waals surface area contributed by atoms with Gasteiger partial charge in [0.1, 0.15) is 0 Å². The van der Waals surface area contributed by atoms with Crippen molar-refractivity contribution >= 4 is 5.95 Å². The van der Waals surface area contributed by atoms with Gasteiger partial charge in [0.05, 0.1) is 5.60 Å². The van der Waals surface area contributed by atoms with E-state index in [1.165, 1.54) is 0 Å². The highest BCUT2D eigenvalue weighted by molar-refractivity contribution is 5.31. The van der Waals surface area contributed by atoms with Crippen molar-refractivity contribution in [2.45, 2.75) is 45.3 Å². The first kappa shape index (κ1) is 15.2. The highest BCUT2D eigenvalue weighted by atomic mass is 16.5. The molecule has 1 N–H and O–H groups in total. The zero-order valence-electron chi connectivity index (χ0n) is 12.9. The number of aromatic nitrogens is 2. The van der Waals surface area contributed by atoms with Gasteiger partial charge < -0.3 is 15.0 Å². The van der Waals surface area contributed by atoms with Gasteiger partial charge in [-0.2, -0.15) is 0 Å². The minimum Gasteiger partial charge on any atom is -0.377 e. The van der Waals surface area contributed by atoms with Crippen molar-refractivity contribution in [2.24, 2.45) is 0 Å². The lowest BCUT2D eigenvalue weighted by Gasteiger charge is -2.39. The quantitative estimate of drug-likeness (QED) is 0.806. The molecule has 0 aromatic carbocycles. The molecule has 1 atom stereocenters. The fraction of sp³-hybridized carbons (Fsp3) is 0.733. The van der Waals surface area contributed by atoms with Crippen LogP contribution in [0.1, 0.15) is 38.7 Å². The summed E-state index contributed by atoms with van der Waals surface area (Å²) >= 11 is 0. The Bertz CT molecular complexity index is 409. The molecule has 1 aliphatic rings. The first-order chi connectivity index (χ1) is 9.67. The maximum absolute atomic E-state index is 5.61. The average molecular weight is 278 g/mol. The standard InChI is InChI=1S/C15H26N4O/c1-4-7-16-9-13-10-17-14(18-11-13)19-8-5-6-15(2,12-19)20-3/h10-11,16H,4-9,12H2,1-3H3. The van der Waals surface area contributed by atoms with Crippen LogP contribution in [-0.4, -0.2) is 42.3 Å². The molecular weight excluding hydrogens is 252 g/mol. The molecule has 1 aromatic heterocycles. The van der Waals surface area contributed by atoms with Crippen LogP contribution in [0.3, 0.4) is 0 Å². The molecule has 1 unspecified atom stereocenters. The minimum atomic E-state index is -0.0804. The van der Waals surface area contributed by atoms with Crippen LogP contribution in [-0.2, 0) is 11.3 Å². The van der Waals surface area contributed by atoms with Crippen LogP contribution in [0.15, 0.2) is 12.4 Å². The number of methoxy groups -OCH3 is 1. The summed E-state index contributed by atoms with van der Waals surface area (Å²) in [5.74, 6) is 0.812. The molecule has 5 nitrogen and oxygen atoms in total. The van der Waals surface area contributed by atoms with E-state index in [0.717, 1.165) is 57.0 Å². The van der Waals surface area contributed by atoms with Crippen LogP contribution in [0.2, 0.25) is 0 Å². The lowest BCUT2D eigenvalue weighted by Crippen LogP contribution is -2.48. The maximum Gasteiger partial charge on any atom is 0.225 e. The molecule has 1 aliphatic heterocycles. The number of rotatable bonds is 6. The first-order valence-corrected chi connectivity index (χ1v) is 7.48. The van der Waals surface area contributed by atoms with Gasteiger partial charge in [0.25, 0.3) is 0 Å². The molecule has 20 heavy (non-hydrogen) atoms. The Morgan fingerprint density at radius 1 is 1.40 bits per heavy atom. The van der Waals surface area contributed by atoms with Crippen molar-refractivity contribution in [3.8, 4) is 0 Å². The summed E-state index contributed by atoms with van der Waals surface area (Å²) in [6, 6.07) is 0. The van der Waals surface area contributed by atoms with Gasteiger partial charge >= 0.3 is 0 Å². The molecule has 0 bridgehead atoms. The lowest BCUT2D eigenvalue weighted by molar-refractivity contribution is -0.00498. The van der Waals surface area contributed by atoms with Crippen molar-refractivity contribution in [3.05, 3.63) is 18.0 Å². The van der Waals surface area contributed by atoms with Crippen LogP contribution in [0.5, 0.6) is 0 Å². The number of nitrogens with zero attached hydrogens (tertiary/aromatic N) is 3. The summed E-state index contributed by atoms with van der Waals surface area (Å²) in [5.41, 5.74) is 1.05. The predicted octanol–water partition coefficient (Wildman–Crippen LogP) is 1.98. The Labute approximate surface area is 121 Å². The van der Waals surface area contributed by atoms with Crippen molar-refractivity contribution in [2.75, 3.05) is 31.6 Å². The zero-order chi connectivity index (χ0) is 14.4. The molecule has 0 saturated carbocycles. The Morgan fingerprint density at radius 3 is 2.80 bits per heavy atom. The topological polar surface area (TPSA) is 50.3 Å². The Morgan fingerprint density at radius 2 is 2.15 bits per heavy atom. The van der Waals surface area contributed by atoms with Crippen LogP contribution in [0, 0.1) is 0 Å². The lowest BCUT2D eigenvalue weighted by atomic mass is 9.95. The van der Waals surface area contributed by atoms with E-state index in [9.17, 15) is 0 Å². The van der Waals surface area contributed by atoms with E-state index in [0.29, 0.717) is 0 Å². The number of anilines is 1. The smallest absolute Gasteiger partial charge is 0.225 e. The average Bonchev–Trinajstić information content (AvgIpc) is 2.48. The van der Waals surface area contributed by atoms with E-state index < -0.39 is 0 Å². The summed E-state index contributed by atoms with van der Waals surface area (Å²) in [6.07, 6.45) is 7.20. The molecule has 1 saturated heterocycles. The zero-order valence-corrected chi connectivity index (χ0v) is 12.9. The minimum absolute atomic E-state index is 0.0804. The molecule has 112 valence electrons. The molecule has 1 fully saturated rings.